The lowest BCUT2D eigenvalue weighted by Crippen LogP contribution is -1.97. The number of anilines is 1. The fourth-order valence-electron chi connectivity index (χ4n) is 1.22. The molecule has 1 aromatic carbocycles. The van der Waals surface area contributed by atoms with Gasteiger partial charge in [-0.05, 0) is 36.9 Å². The molecular formula is C11H9F2N3S. The van der Waals surface area contributed by atoms with Crippen LogP contribution in [0.15, 0.2) is 34.4 Å². The van der Waals surface area contributed by atoms with Crippen molar-refractivity contribution in [1.82, 2.24) is 9.97 Å². The predicted molar refractivity (Wildman–Crippen MR) is 61.7 cm³/mol. The summed E-state index contributed by atoms with van der Waals surface area (Å²) >= 11 is 0.907. The highest BCUT2D eigenvalue weighted by Gasteiger charge is 2.14. The van der Waals surface area contributed by atoms with Crippen LogP contribution >= 0.6 is 11.8 Å². The molecule has 2 N–H and O–H groups in total. The molecule has 0 fully saturated rings. The molecular weight excluding hydrogens is 244 g/mol. The molecule has 3 nitrogen and oxygen atoms in total. The van der Waals surface area contributed by atoms with E-state index in [-0.39, 0.29) is 10.6 Å². The van der Waals surface area contributed by atoms with Crippen LogP contribution in [0.3, 0.4) is 0 Å². The van der Waals surface area contributed by atoms with Crippen LogP contribution in [-0.4, -0.2) is 9.97 Å². The number of hydrogen-bond acceptors (Lipinski definition) is 4. The minimum absolute atomic E-state index is 0.00981. The Kier molecular flexibility index (Phi) is 3.23. The summed E-state index contributed by atoms with van der Waals surface area (Å²) in [5.41, 5.74) is 6.51. The van der Waals surface area contributed by atoms with Crippen molar-refractivity contribution in [3.05, 3.63) is 41.7 Å². The molecule has 1 aromatic heterocycles. The molecule has 88 valence electrons. The van der Waals surface area contributed by atoms with Crippen molar-refractivity contribution in [2.24, 2.45) is 0 Å². The lowest BCUT2D eigenvalue weighted by Gasteiger charge is -2.06. The molecule has 0 bridgehead atoms. The standard InChI is InChI=1S/C11H9F2N3S/c1-6-4-5-15-11(16-6)17-10-8(14)3-2-7(12)9(10)13/h2-5H,14H2,1H3. The third kappa shape index (κ3) is 2.52. The second-order valence-corrected chi connectivity index (χ2v) is 4.34. The van der Waals surface area contributed by atoms with E-state index in [0.717, 1.165) is 23.5 Å². The van der Waals surface area contributed by atoms with Gasteiger partial charge in [0.25, 0.3) is 0 Å². The smallest absolute Gasteiger partial charge is 0.192 e. The Bertz CT molecular complexity index is 560. The van der Waals surface area contributed by atoms with E-state index in [2.05, 4.69) is 9.97 Å². The Morgan fingerprint density at radius 1 is 1.24 bits per heavy atom. The van der Waals surface area contributed by atoms with Crippen LogP contribution in [0.5, 0.6) is 0 Å². The van der Waals surface area contributed by atoms with E-state index in [0.29, 0.717) is 5.16 Å². The average Bonchev–Trinajstić information content (AvgIpc) is 2.30. The van der Waals surface area contributed by atoms with E-state index in [1.165, 1.54) is 6.07 Å². The molecule has 0 unspecified atom stereocenters. The zero-order valence-corrected chi connectivity index (χ0v) is 9.76. The highest BCUT2D eigenvalue weighted by molar-refractivity contribution is 7.99. The van der Waals surface area contributed by atoms with Gasteiger partial charge in [0, 0.05) is 17.6 Å². The second-order valence-electron chi connectivity index (χ2n) is 3.36. The second kappa shape index (κ2) is 4.67. The van der Waals surface area contributed by atoms with Crippen LogP contribution in [0.1, 0.15) is 5.69 Å². The molecule has 0 spiro atoms. The number of aromatic nitrogens is 2. The Balaban J connectivity index is 2.39. The zero-order chi connectivity index (χ0) is 12.4. The third-order valence-corrected chi connectivity index (χ3v) is 3.04. The van der Waals surface area contributed by atoms with E-state index in [1.807, 2.05) is 0 Å². The molecule has 6 heteroatoms. The van der Waals surface area contributed by atoms with Gasteiger partial charge in [-0.2, -0.15) is 0 Å². The van der Waals surface area contributed by atoms with E-state index in [9.17, 15) is 8.78 Å². The maximum atomic E-state index is 13.5. The first-order valence-electron chi connectivity index (χ1n) is 4.79. The highest BCUT2D eigenvalue weighted by atomic mass is 32.2. The SMILES string of the molecule is Cc1ccnc(Sc2c(N)ccc(F)c2F)n1. The highest BCUT2D eigenvalue weighted by Crippen LogP contribution is 2.33. The average molecular weight is 253 g/mol. The minimum Gasteiger partial charge on any atom is -0.398 e. The van der Waals surface area contributed by atoms with Crippen LogP contribution in [0.4, 0.5) is 14.5 Å². The molecule has 17 heavy (non-hydrogen) atoms. The van der Waals surface area contributed by atoms with Gasteiger partial charge in [-0.25, -0.2) is 18.7 Å². The molecule has 0 aliphatic carbocycles. The summed E-state index contributed by atoms with van der Waals surface area (Å²) in [6.07, 6.45) is 1.55. The summed E-state index contributed by atoms with van der Waals surface area (Å²) < 4.78 is 26.6. The Hall–Kier alpha value is -1.69. The Morgan fingerprint density at radius 2 is 2.00 bits per heavy atom. The molecule has 0 saturated heterocycles. The Morgan fingerprint density at radius 3 is 2.71 bits per heavy atom. The van der Waals surface area contributed by atoms with Crippen molar-refractivity contribution in [3.63, 3.8) is 0 Å². The monoisotopic (exact) mass is 253 g/mol. The molecule has 0 radical (unpaired) electrons. The van der Waals surface area contributed by atoms with Crippen LogP contribution in [0.25, 0.3) is 0 Å². The van der Waals surface area contributed by atoms with E-state index >= 15 is 0 Å². The maximum absolute atomic E-state index is 13.5. The summed E-state index contributed by atoms with van der Waals surface area (Å²) in [7, 11) is 0. The quantitative estimate of drug-likeness (QED) is 0.660. The van der Waals surface area contributed by atoms with Crippen LogP contribution in [-0.2, 0) is 0 Å². The van der Waals surface area contributed by atoms with Gasteiger partial charge >= 0.3 is 0 Å². The minimum atomic E-state index is -0.972. The molecule has 1 heterocycles. The van der Waals surface area contributed by atoms with Gasteiger partial charge in [-0.3, -0.25) is 0 Å². The summed E-state index contributed by atoms with van der Waals surface area (Å²) in [5.74, 6) is -1.91. The van der Waals surface area contributed by atoms with Gasteiger partial charge in [0.2, 0.25) is 0 Å². The van der Waals surface area contributed by atoms with Crippen LogP contribution in [0.2, 0.25) is 0 Å². The summed E-state index contributed by atoms with van der Waals surface area (Å²) in [5, 5.41) is 0.334. The van der Waals surface area contributed by atoms with Gasteiger partial charge in [-0.15, -0.1) is 0 Å². The molecule has 0 saturated carbocycles. The maximum Gasteiger partial charge on any atom is 0.192 e. The number of halogens is 2. The first kappa shape index (κ1) is 11.8. The first-order chi connectivity index (χ1) is 8.08. The normalized spacial score (nSPS) is 10.5. The number of benzene rings is 1. The largest absolute Gasteiger partial charge is 0.398 e. The van der Waals surface area contributed by atoms with E-state index in [4.69, 9.17) is 5.73 Å². The number of nitrogens with two attached hydrogens (primary N) is 1. The van der Waals surface area contributed by atoms with Gasteiger partial charge in [0.05, 0.1) is 4.90 Å². The van der Waals surface area contributed by atoms with Crippen molar-refractivity contribution in [1.29, 1.82) is 0 Å². The number of hydrogen-bond donors (Lipinski definition) is 1. The summed E-state index contributed by atoms with van der Waals surface area (Å²) in [4.78, 5) is 8.05. The molecule has 0 aliphatic rings. The summed E-state index contributed by atoms with van der Waals surface area (Å²) in [6, 6.07) is 4.03. The lowest BCUT2D eigenvalue weighted by molar-refractivity contribution is 0.492. The lowest BCUT2D eigenvalue weighted by atomic mass is 10.3. The fraction of sp³-hybridized carbons (Fsp3) is 0.0909. The first-order valence-corrected chi connectivity index (χ1v) is 5.60. The van der Waals surface area contributed by atoms with Crippen LogP contribution in [0, 0.1) is 18.6 Å². The number of nitrogen functional groups attached to an aromatic ring is 1. The van der Waals surface area contributed by atoms with E-state index < -0.39 is 11.6 Å². The van der Waals surface area contributed by atoms with Crippen molar-refractivity contribution in [2.45, 2.75) is 17.0 Å². The molecule has 0 atom stereocenters. The van der Waals surface area contributed by atoms with Crippen molar-refractivity contribution >= 4 is 17.4 Å². The Labute approximate surface area is 101 Å². The molecule has 2 rings (SSSR count). The zero-order valence-electron chi connectivity index (χ0n) is 8.95. The summed E-state index contributed by atoms with van der Waals surface area (Å²) in [6.45, 7) is 1.79. The van der Waals surface area contributed by atoms with Crippen molar-refractivity contribution < 1.29 is 8.78 Å². The predicted octanol–water partition coefficient (Wildman–Crippen LogP) is 2.80. The topological polar surface area (TPSA) is 51.8 Å². The van der Waals surface area contributed by atoms with Crippen molar-refractivity contribution in [2.75, 3.05) is 5.73 Å². The van der Waals surface area contributed by atoms with Gasteiger partial charge in [0.1, 0.15) is 0 Å². The van der Waals surface area contributed by atoms with Crippen LogP contribution < -0.4 is 5.73 Å². The van der Waals surface area contributed by atoms with Crippen molar-refractivity contribution in [3.8, 4) is 0 Å². The van der Waals surface area contributed by atoms with Gasteiger partial charge in [0.15, 0.2) is 16.8 Å². The van der Waals surface area contributed by atoms with Gasteiger partial charge in [-0.1, -0.05) is 0 Å². The number of rotatable bonds is 2. The molecule has 0 aliphatic heterocycles. The van der Waals surface area contributed by atoms with Gasteiger partial charge < -0.3 is 5.73 Å². The van der Waals surface area contributed by atoms with E-state index in [1.54, 1.807) is 19.2 Å². The molecule has 0 amide bonds. The molecule has 2 aromatic rings. The number of aryl methyl sites for hydroxylation is 1. The third-order valence-electron chi connectivity index (χ3n) is 2.05. The fourth-order valence-corrected chi connectivity index (χ4v) is 2.08. The number of nitrogens with zero attached hydrogens (tertiary/aromatic N) is 2.